The maximum atomic E-state index is 5.69. The van der Waals surface area contributed by atoms with Gasteiger partial charge in [-0.3, -0.25) is 0 Å². The summed E-state index contributed by atoms with van der Waals surface area (Å²) in [6, 6.07) is 6.06. The number of nitrogens with one attached hydrogen (secondary N) is 1. The molecule has 0 spiro atoms. The van der Waals surface area contributed by atoms with Gasteiger partial charge < -0.3 is 14.8 Å². The van der Waals surface area contributed by atoms with Crippen LogP contribution in [-0.4, -0.2) is 26.4 Å². The lowest BCUT2D eigenvalue weighted by molar-refractivity contribution is 0.0716. The van der Waals surface area contributed by atoms with Crippen molar-refractivity contribution in [2.45, 2.75) is 32.9 Å². The molecule has 3 nitrogen and oxygen atoms in total. The molecule has 0 aliphatic carbocycles. The Labute approximate surface area is 118 Å². The molecule has 1 N–H and O–H groups in total. The highest BCUT2D eigenvalue weighted by molar-refractivity contribution is 9.10. The van der Waals surface area contributed by atoms with Gasteiger partial charge in [0.15, 0.2) is 0 Å². The highest BCUT2D eigenvalue weighted by Gasteiger charge is 2.04. The van der Waals surface area contributed by atoms with Gasteiger partial charge in [-0.05, 0) is 43.7 Å². The number of hydrogen-bond donors (Lipinski definition) is 1. The van der Waals surface area contributed by atoms with E-state index in [0.717, 1.165) is 29.7 Å². The summed E-state index contributed by atoms with van der Waals surface area (Å²) in [5.74, 6) is 0.885. The van der Waals surface area contributed by atoms with E-state index >= 15 is 0 Å². The van der Waals surface area contributed by atoms with Crippen molar-refractivity contribution in [2.24, 2.45) is 0 Å². The summed E-state index contributed by atoms with van der Waals surface area (Å²) in [4.78, 5) is 0. The molecule has 0 aliphatic rings. The normalized spacial score (nSPS) is 12.4. The van der Waals surface area contributed by atoms with E-state index in [1.165, 1.54) is 5.56 Å². The molecule has 0 aliphatic heterocycles. The minimum atomic E-state index is 0.107. The molecular weight excluding hydrogens is 294 g/mol. The van der Waals surface area contributed by atoms with Crippen LogP contribution >= 0.6 is 15.9 Å². The fourth-order valence-corrected chi connectivity index (χ4v) is 1.84. The van der Waals surface area contributed by atoms with Gasteiger partial charge in [-0.25, -0.2) is 0 Å². The van der Waals surface area contributed by atoms with Gasteiger partial charge in [-0.2, -0.15) is 0 Å². The predicted molar refractivity (Wildman–Crippen MR) is 78.1 cm³/mol. The van der Waals surface area contributed by atoms with Crippen LogP contribution in [0.3, 0.4) is 0 Å². The third kappa shape index (κ3) is 5.38. The van der Waals surface area contributed by atoms with Gasteiger partial charge in [-0.1, -0.05) is 22.9 Å². The minimum absolute atomic E-state index is 0.107. The van der Waals surface area contributed by atoms with E-state index < -0.39 is 0 Å². The first-order chi connectivity index (χ1) is 8.67. The van der Waals surface area contributed by atoms with Gasteiger partial charge in [0.1, 0.15) is 12.4 Å². The SMILES string of the molecule is CCCNCc1cc(OCC(C)OC)ccc1Br. The maximum Gasteiger partial charge on any atom is 0.119 e. The van der Waals surface area contributed by atoms with Crippen molar-refractivity contribution in [3.63, 3.8) is 0 Å². The quantitative estimate of drug-likeness (QED) is 0.746. The summed E-state index contributed by atoms with van der Waals surface area (Å²) in [7, 11) is 1.69. The first kappa shape index (κ1) is 15.5. The number of methoxy groups -OCH3 is 1. The summed E-state index contributed by atoms with van der Waals surface area (Å²) >= 11 is 3.56. The van der Waals surface area contributed by atoms with Gasteiger partial charge >= 0.3 is 0 Å². The van der Waals surface area contributed by atoms with Gasteiger partial charge in [0.2, 0.25) is 0 Å². The Morgan fingerprint density at radius 2 is 2.17 bits per heavy atom. The smallest absolute Gasteiger partial charge is 0.119 e. The Bertz CT molecular complexity index is 358. The first-order valence-corrected chi connectivity index (χ1v) is 7.11. The van der Waals surface area contributed by atoms with Crippen molar-refractivity contribution in [2.75, 3.05) is 20.3 Å². The second-order valence-corrected chi connectivity index (χ2v) is 5.14. The first-order valence-electron chi connectivity index (χ1n) is 6.32. The molecule has 18 heavy (non-hydrogen) atoms. The van der Waals surface area contributed by atoms with Gasteiger partial charge in [-0.15, -0.1) is 0 Å². The van der Waals surface area contributed by atoms with Crippen molar-refractivity contribution < 1.29 is 9.47 Å². The lowest BCUT2D eigenvalue weighted by Gasteiger charge is -2.13. The molecule has 0 saturated carbocycles. The van der Waals surface area contributed by atoms with Crippen LogP contribution in [0.25, 0.3) is 0 Å². The Hall–Kier alpha value is -0.580. The topological polar surface area (TPSA) is 30.5 Å². The summed E-state index contributed by atoms with van der Waals surface area (Å²) in [6.45, 7) is 6.60. The van der Waals surface area contributed by atoms with Crippen molar-refractivity contribution in [3.05, 3.63) is 28.2 Å². The molecule has 1 unspecified atom stereocenters. The molecule has 0 saturated heterocycles. The molecule has 0 aromatic heterocycles. The van der Waals surface area contributed by atoms with Crippen molar-refractivity contribution >= 4 is 15.9 Å². The standard InChI is InChI=1S/C14H22BrNO2/c1-4-7-16-9-12-8-13(5-6-14(12)15)18-10-11(2)17-3/h5-6,8,11,16H,4,7,9-10H2,1-3H3. The summed E-state index contributed by atoms with van der Waals surface area (Å²) in [6.07, 6.45) is 1.24. The largest absolute Gasteiger partial charge is 0.491 e. The molecule has 0 bridgehead atoms. The Balaban J connectivity index is 2.56. The fourth-order valence-electron chi connectivity index (χ4n) is 1.46. The summed E-state index contributed by atoms with van der Waals surface area (Å²) in [5, 5.41) is 3.39. The molecule has 1 aromatic rings. The van der Waals surface area contributed by atoms with E-state index in [0.29, 0.717) is 6.61 Å². The van der Waals surface area contributed by atoms with Crippen LogP contribution in [-0.2, 0) is 11.3 Å². The zero-order valence-electron chi connectivity index (χ0n) is 11.3. The number of benzene rings is 1. The average molecular weight is 316 g/mol. The van der Waals surface area contributed by atoms with Gasteiger partial charge in [0.05, 0.1) is 6.10 Å². The summed E-state index contributed by atoms with van der Waals surface area (Å²) < 4.78 is 12.0. The molecule has 102 valence electrons. The number of ether oxygens (including phenoxy) is 2. The van der Waals surface area contributed by atoms with Crippen molar-refractivity contribution in [3.8, 4) is 5.75 Å². The van der Waals surface area contributed by atoms with E-state index in [-0.39, 0.29) is 6.10 Å². The van der Waals surface area contributed by atoms with Gasteiger partial charge in [0, 0.05) is 18.1 Å². The van der Waals surface area contributed by atoms with E-state index in [1.807, 2.05) is 19.1 Å². The highest BCUT2D eigenvalue weighted by atomic mass is 79.9. The summed E-state index contributed by atoms with van der Waals surface area (Å²) in [5.41, 5.74) is 1.21. The van der Waals surface area contributed by atoms with Gasteiger partial charge in [0.25, 0.3) is 0 Å². The molecule has 1 aromatic carbocycles. The third-order valence-corrected chi connectivity index (χ3v) is 3.42. The molecule has 1 rings (SSSR count). The van der Waals surface area contributed by atoms with E-state index in [9.17, 15) is 0 Å². The molecule has 4 heteroatoms. The predicted octanol–water partition coefficient (Wildman–Crippen LogP) is 3.36. The zero-order chi connectivity index (χ0) is 13.4. The molecule has 0 radical (unpaired) electrons. The number of rotatable bonds is 8. The van der Waals surface area contributed by atoms with Crippen LogP contribution in [0.4, 0.5) is 0 Å². The number of halogens is 1. The monoisotopic (exact) mass is 315 g/mol. The zero-order valence-corrected chi connectivity index (χ0v) is 12.9. The average Bonchev–Trinajstić information content (AvgIpc) is 2.39. The van der Waals surface area contributed by atoms with Crippen LogP contribution in [0.5, 0.6) is 5.75 Å². The lowest BCUT2D eigenvalue weighted by Crippen LogP contribution is -2.16. The van der Waals surface area contributed by atoms with Crippen molar-refractivity contribution in [1.82, 2.24) is 5.32 Å². The van der Waals surface area contributed by atoms with Crippen LogP contribution in [0.15, 0.2) is 22.7 Å². The van der Waals surface area contributed by atoms with Crippen LogP contribution in [0, 0.1) is 0 Å². The molecule has 1 atom stereocenters. The van der Waals surface area contributed by atoms with Crippen LogP contribution < -0.4 is 10.1 Å². The second kappa shape index (κ2) is 8.51. The second-order valence-electron chi connectivity index (χ2n) is 4.29. The Kier molecular flexibility index (Phi) is 7.32. The Morgan fingerprint density at radius 3 is 2.83 bits per heavy atom. The lowest BCUT2D eigenvalue weighted by atomic mass is 10.2. The third-order valence-electron chi connectivity index (χ3n) is 2.65. The minimum Gasteiger partial charge on any atom is -0.491 e. The van der Waals surface area contributed by atoms with Crippen LogP contribution in [0.1, 0.15) is 25.8 Å². The van der Waals surface area contributed by atoms with Crippen LogP contribution in [0.2, 0.25) is 0 Å². The number of hydrogen-bond acceptors (Lipinski definition) is 3. The van der Waals surface area contributed by atoms with E-state index in [1.54, 1.807) is 7.11 Å². The molecule has 0 fully saturated rings. The molecule has 0 amide bonds. The maximum absolute atomic E-state index is 5.69. The Morgan fingerprint density at radius 1 is 1.39 bits per heavy atom. The molecular formula is C14H22BrNO2. The molecule has 0 heterocycles. The van der Waals surface area contributed by atoms with E-state index in [2.05, 4.69) is 34.2 Å². The highest BCUT2D eigenvalue weighted by Crippen LogP contribution is 2.22. The van der Waals surface area contributed by atoms with Crippen molar-refractivity contribution in [1.29, 1.82) is 0 Å². The fraction of sp³-hybridized carbons (Fsp3) is 0.571. The van der Waals surface area contributed by atoms with E-state index in [4.69, 9.17) is 9.47 Å².